The maximum absolute atomic E-state index is 12.8. The van der Waals surface area contributed by atoms with Crippen LogP contribution in [0.5, 0.6) is 0 Å². The van der Waals surface area contributed by atoms with Crippen molar-refractivity contribution in [1.29, 1.82) is 0 Å². The molecule has 1 fully saturated rings. The number of ketones is 1. The van der Waals surface area contributed by atoms with Crippen LogP contribution in [0.3, 0.4) is 0 Å². The van der Waals surface area contributed by atoms with Gasteiger partial charge in [-0.2, -0.15) is 0 Å². The first-order valence-corrected chi connectivity index (χ1v) is 10.4. The highest BCUT2D eigenvalue weighted by Crippen LogP contribution is 2.22. The Hall–Kier alpha value is -2.76. The monoisotopic (exact) mass is 394 g/mol. The largest absolute Gasteiger partial charge is 0.370 e. The number of likely N-dealkylation sites (tertiary alicyclic amines) is 1. The van der Waals surface area contributed by atoms with Gasteiger partial charge < -0.3 is 10.2 Å². The van der Waals surface area contributed by atoms with Gasteiger partial charge in [-0.1, -0.05) is 13.8 Å². The maximum Gasteiger partial charge on any atom is 0.255 e. The number of amides is 1. The summed E-state index contributed by atoms with van der Waals surface area (Å²) in [4.78, 5) is 35.4. The number of hydrogen-bond donors (Lipinski definition) is 1. The van der Waals surface area contributed by atoms with Gasteiger partial charge in [0.25, 0.3) is 5.91 Å². The summed E-state index contributed by atoms with van der Waals surface area (Å²) >= 11 is 0. The Bertz CT molecular complexity index is 805. The third-order valence-corrected chi connectivity index (χ3v) is 5.25. The van der Waals surface area contributed by atoms with Gasteiger partial charge in [0.15, 0.2) is 0 Å². The van der Waals surface area contributed by atoms with Crippen LogP contribution in [0.4, 0.5) is 5.82 Å². The first-order chi connectivity index (χ1) is 14.0. The van der Waals surface area contributed by atoms with Crippen LogP contribution < -0.4 is 5.32 Å². The number of nitrogens with zero attached hydrogens (tertiary/aromatic N) is 3. The van der Waals surface area contributed by atoms with E-state index >= 15 is 0 Å². The molecule has 6 heteroatoms. The van der Waals surface area contributed by atoms with Crippen molar-refractivity contribution in [3.05, 3.63) is 54.0 Å². The SMILES string of the molecule is CC(C)CC(=O)C1CCCN(C(=O)c2ccc(NCCc3ccncc3)nc2)C1. The number of aromatic nitrogens is 2. The Morgan fingerprint density at radius 1 is 1.21 bits per heavy atom. The number of nitrogens with one attached hydrogen (secondary N) is 1. The van der Waals surface area contributed by atoms with Crippen LogP contribution in [0, 0.1) is 11.8 Å². The second-order valence-corrected chi connectivity index (χ2v) is 8.12. The highest BCUT2D eigenvalue weighted by molar-refractivity contribution is 5.94. The summed E-state index contributed by atoms with van der Waals surface area (Å²) < 4.78 is 0. The van der Waals surface area contributed by atoms with Crippen molar-refractivity contribution in [2.75, 3.05) is 25.0 Å². The van der Waals surface area contributed by atoms with Crippen LogP contribution in [-0.2, 0) is 11.2 Å². The normalized spacial score (nSPS) is 16.7. The Labute approximate surface area is 172 Å². The van der Waals surface area contributed by atoms with Crippen LogP contribution in [0.1, 0.15) is 49.0 Å². The van der Waals surface area contributed by atoms with E-state index in [4.69, 9.17) is 0 Å². The van der Waals surface area contributed by atoms with Crippen molar-refractivity contribution in [2.24, 2.45) is 11.8 Å². The molecule has 2 aromatic heterocycles. The highest BCUT2D eigenvalue weighted by atomic mass is 16.2. The smallest absolute Gasteiger partial charge is 0.255 e. The minimum Gasteiger partial charge on any atom is -0.370 e. The minimum atomic E-state index is -0.0390. The maximum atomic E-state index is 12.8. The van der Waals surface area contributed by atoms with Gasteiger partial charge in [0, 0.05) is 50.6 Å². The van der Waals surface area contributed by atoms with Gasteiger partial charge in [0.05, 0.1) is 5.56 Å². The third-order valence-electron chi connectivity index (χ3n) is 5.25. The predicted molar refractivity (Wildman–Crippen MR) is 114 cm³/mol. The molecular weight excluding hydrogens is 364 g/mol. The van der Waals surface area contributed by atoms with Gasteiger partial charge in [-0.15, -0.1) is 0 Å². The van der Waals surface area contributed by atoms with E-state index in [9.17, 15) is 9.59 Å². The predicted octanol–water partition coefficient (Wildman–Crippen LogP) is 3.60. The summed E-state index contributed by atoms with van der Waals surface area (Å²) in [5.74, 6) is 1.32. The number of Topliss-reactive ketones (excluding diaryl/α,β-unsaturated/α-hetero) is 1. The number of piperidine rings is 1. The molecule has 2 aromatic rings. The molecular formula is C23H30N4O2. The average Bonchev–Trinajstić information content (AvgIpc) is 2.74. The lowest BCUT2D eigenvalue weighted by atomic mass is 9.89. The molecule has 0 aliphatic carbocycles. The standard InChI is InChI=1S/C23H30N4O2/c1-17(2)14-21(28)20-4-3-13-27(16-20)23(29)19-5-6-22(26-15-19)25-12-9-18-7-10-24-11-8-18/h5-8,10-11,15,17,20H,3-4,9,12-14,16H2,1-2H3,(H,25,26). The molecule has 3 rings (SSSR count). The first-order valence-electron chi connectivity index (χ1n) is 10.4. The lowest BCUT2D eigenvalue weighted by Crippen LogP contribution is -2.42. The van der Waals surface area contributed by atoms with E-state index in [1.807, 2.05) is 24.3 Å². The van der Waals surface area contributed by atoms with Gasteiger partial charge in [-0.25, -0.2) is 4.98 Å². The summed E-state index contributed by atoms with van der Waals surface area (Å²) in [5, 5.41) is 3.28. The number of anilines is 1. The van der Waals surface area contributed by atoms with E-state index in [2.05, 4.69) is 29.1 Å². The quantitative estimate of drug-likeness (QED) is 0.740. The number of carbonyl (C=O) groups excluding carboxylic acids is 2. The number of hydrogen-bond acceptors (Lipinski definition) is 5. The number of rotatable bonds is 8. The third kappa shape index (κ3) is 6.11. The van der Waals surface area contributed by atoms with Crippen LogP contribution in [0.25, 0.3) is 0 Å². The topological polar surface area (TPSA) is 75.2 Å². The zero-order valence-corrected chi connectivity index (χ0v) is 17.3. The number of pyridine rings is 2. The van der Waals surface area contributed by atoms with Crippen molar-refractivity contribution in [2.45, 2.75) is 39.5 Å². The molecule has 0 aromatic carbocycles. The van der Waals surface area contributed by atoms with E-state index < -0.39 is 0 Å². The van der Waals surface area contributed by atoms with Gasteiger partial charge in [-0.3, -0.25) is 14.6 Å². The molecule has 1 unspecified atom stereocenters. The summed E-state index contributed by atoms with van der Waals surface area (Å²) in [6.07, 6.45) is 8.43. The van der Waals surface area contributed by atoms with Crippen molar-refractivity contribution in [3.8, 4) is 0 Å². The van der Waals surface area contributed by atoms with Crippen LogP contribution >= 0.6 is 0 Å². The van der Waals surface area contributed by atoms with Crippen molar-refractivity contribution < 1.29 is 9.59 Å². The van der Waals surface area contributed by atoms with Crippen molar-refractivity contribution in [3.63, 3.8) is 0 Å². The number of carbonyl (C=O) groups is 2. The van der Waals surface area contributed by atoms with Gasteiger partial charge in [0.2, 0.25) is 0 Å². The van der Waals surface area contributed by atoms with E-state index in [1.54, 1.807) is 23.5 Å². The zero-order chi connectivity index (χ0) is 20.6. The molecule has 0 radical (unpaired) electrons. The van der Waals surface area contributed by atoms with E-state index in [0.717, 1.165) is 31.6 Å². The van der Waals surface area contributed by atoms with Gasteiger partial charge in [-0.05, 0) is 55.0 Å². The Morgan fingerprint density at radius 2 is 2.00 bits per heavy atom. The second-order valence-electron chi connectivity index (χ2n) is 8.12. The summed E-state index contributed by atoms with van der Waals surface area (Å²) in [7, 11) is 0. The molecule has 1 aliphatic rings. The summed E-state index contributed by atoms with van der Waals surface area (Å²) in [5.41, 5.74) is 1.78. The minimum absolute atomic E-state index is 0.0304. The molecule has 1 aliphatic heterocycles. The van der Waals surface area contributed by atoms with Crippen LogP contribution in [0.15, 0.2) is 42.9 Å². The Kier molecular flexibility index (Phi) is 7.33. The molecule has 1 saturated heterocycles. The fourth-order valence-electron chi connectivity index (χ4n) is 3.69. The second kappa shape index (κ2) is 10.1. The van der Waals surface area contributed by atoms with Gasteiger partial charge in [0.1, 0.15) is 11.6 Å². The average molecular weight is 395 g/mol. The van der Waals surface area contributed by atoms with E-state index in [0.29, 0.717) is 31.0 Å². The molecule has 3 heterocycles. The molecule has 1 N–H and O–H groups in total. The summed E-state index contributed by atoms with van der Waals surface area (Å²) in [6.45, 7) is 6.10. The van der Waals surface area contributed by atoms with E-state index in [-0.39, 0.29) is 17.6 Å². The van der Waals surface area contributed by atoms with Crippen LogP contribution in [0.2, 0.25) is 0 Å². The van der Waals surface area contributed by atoms with Crippen molar-refractivity contribution in [1.82, 2.24) is 14.9 Å². The molecule has 154 valence electrons. The fraction of sp³-hybridized carbons (Fsp3) is 0.478. The van der Waals surface area contributed by atoms with Crippen LogP contribution in [-0.4, -0.2) is 46.2 Å². The Balaban J connectivity index is 1.52. The first kappa shape index (κ1) is 21.0. The zero-order valence-electron chi connectivity index (χ0n) is 17.3. The van der Waals surface area contributed by atoms with Crippen molar-refractivity contribution >= 4 is 17.5 Å². The molecule has 1 amide bonds. The molecule has 6 nitrogen and oxygen atoms in total. The lowest BCUT2D eigenvalue weighted by Gasteiger charge is -2.32. The molecule has 0 spiro atoms. The van der Waals surface area contributed by atoms with E-state index in [1.165, 1.54) is 5.56 Å². The molecule has 1 atom stereocenters. The lowest BCUT2D eigenvalue weighted by molar-refractivity contribution is -0.124. The molecule has 0 bridgehead atoms. The Morgan fingerprint density at radius 3 is 2.69 bits per heavy atom. The molecule has 29 heavy (non-hydrogen) atoms. The van der Waals surface area contributed by atoms with Gasteiger partial charge >= 0.3 is 0 Å². The highest BCUT2D eigenvalue weighted by Gasteiger charge is 2.29. The molecule has 0 saturated carbocycles. The fourth-order valence-corrected chi connectivity index (χ4v) is 3.69. The summed E-state index contributed by atoms with van der Waals surface area (Å²) in [6, 6.07) is 7.64.